The van der Waals surface area contributed by atoms with Crippen LogP contribution in [0.1, 0.15) is 51.9 Å². The van der Waals surface area contributed by atoms with E-state index >= 15 is 0 Å². The number of carbonyl (C=O) groups is 2. The number of thioether (sulfide) groups is 2. The highest BCUT2D eigenvalue weighted by molar-refractivity contribution is 8.00. The van der Waals surface area contributed by atoms with Crippen molar-refractivity contribution in [1.29, 1.82) is 0 Å². The Hall–Kier alpha value is -1.14. The van der Waals surface area contributed by atoms with Gasteiger partial charge < -0.3 is 9.64 Å². The zero-order chi connectivity index (χ0) is 19.8. The molecule has 3 rings (SSSR count). The number of hydrogen-bond donors (Lipinski definition) is 0. The normalized spacial score (nSPS) is 23.0. The first-order valence-corrected chi connectivity index (χ1v) is 12.5. The molecule has 1 amide bonds. The van der Waals surface area contributed by atoms with Crippen LogP contribution in [0.2, 0.25) is 0 Å². The second-order valence-corrected chi connectivity index (χ2v) is 9.76. The first-order valence-electron chi connectivity index (χ1n) is 10.5. The van der Waals surface area contributed by atoms with Gasteiger partial charge in [0.25, 0.3) is 0 Å². The molecule has 1 aliphatic heterocycles. The minimum absolute atomic E-state index is 0.0619. The third-order valence-corrected chi connectivity index (χ3v) is 7.95. The minimum Gasteiger partial charge on any atom is -0.464 e. The summed E-state index contributed by atoms with van der Waals surface area (Å²) in [6.45, 7) is 2.53. The molecule has 2 aliphatic rings. The summed E-state index contributed by atoms with van der Waals surface area (Å²) in [5.41, 5.74) is 0. The highest BCUT2D eigenvalue weighted by Gasteiger charge is 2.45. The van der Waals surface area contributed by atoms with Crippen LogP contribution in [0.5, 0.6) is 0 Å². The van der Waals surface area contributed by atoms with E-state index in [1.807, 2.05) is 35.2 Å². The van der Waals surface area contributed by atoms with Gasteiger partial charge in [-0.05, 0) is 37.3 Å². The molecule has 2 atom stereocenters. The van der Waals surface area contributed by atoms with Crippen LogP contribution in [0.4, 0.5) is 0 Å². The highest BCUT2D eigenvalue weighted by atomic mass is 32.2. The number of unbranched alkanes of at least 4 members (excludes halogenated alkanes) is 1. The first-order chi connectivity index (χ1) is 13.7. The van der Waals surface area contributed by atoms with E-state index in [9.17, 15) is 9.59 Å². The minimum atomic E-state index is -0.433. The van der Waals surface area contributed by atoms with Crippen molar-refractivity contribution >= 4 is 35.4 Å². The maximum atomic E-state index is 13.2. The van der Waals surface area contributed by atoms with E-state index < -0.39 is 6.04 Å². The van der Waals surface area contributed by atoms with Gasteiger partial charge in [-0.25, -0.2) is 4.79 Å². The molecule has 0 N–H and O–H groups in total. The van der Waals surface area contributed by atoms with Gasteiger partial charge in [0.1, 0.15) is 6.04 Å². The van der Waals surface area contributed by atoms with Crippen molar-refractivity contribution in [3.8, 4) is 0 Å². The van der Waals surface area contributed by atoms with Crippen LogP contribution < -0.4 is 0 Å². The summed E-state index contributed by atoms with van der Waals surface area (Å²) in [6.07, 6.45) is 7.93. The van der Waals surface area contributed by atoms with Crippen molar-refractivity contribution < 1.29 is 14.3 Å². The summed E-state index contributed by atoms with van der Waals surface area (Å²) in [6, 6.07) is 9.55. The monoisotopic (exact) mass is 421 g/mol. The summed E-state index contributed by atoms with van der Waals surface area (Å²) >= 11 is 3.32. The molecule has 0 bridgehead atoms. The van der Waals surface area contributed by atoms with Crippen molar-refractivity contribution in [3.63, 3.8) is 0 Å². The molecular weight excluding hydrogens is 390 g/mol. The van der Waals surface area contributed by atoms with Gasteiger partial charge in [0.15, 0.2) is 0 Å². The predicted octanol–water partition coefficient (Wildman–Crippen LogP) is 4.97. The van der Waals surface area contributed by atoms with Crippen molar-refractivity contribution in [2.24, 2.45) is 5.92 Å². The molecular formula is C22H31NO3S2. The quantitative estimate of drug-likeness (QED) is 0.337. The Balaban J connectivity index is 1.68. The number of esters is 1. The SMILES string of the molecule is CCCCOC(=O)C1CSC(C2CCCCC2)N1C(=O)CSc1ccccc1. The standard InChI is InChI=1S/C22H31NO3S2/c1-2-3-14-26-22(25)19-15-28-21(17-10-6-4-7-11-17)23(19)20(24)16-27-18-12-8-5-9-13-18/h5,8-9,12-13,17,19,21H,2-4,6-7,10-11,14-16H2,1H3. The second-order valence-electron chi connectivity index (χ2n) is 7.56. The van der Waals surface area contributed by atoms with Crippen LogP contribution in [-0.2, 0) is 14.3 Å². The number of rotatable bonds is 8. The summed E-state index contributed by atoms with van der Waals surface area (Å²) in [5.74, 6) is 1.36. The molecule has 2 unspecified atom stereocenters. The molecule has 4 nitrogen and oxygen atoms in total. The van der Waals surface area contributed by atoms with E-state index in [2.05, 4.69) is 6.92 Å². The molecule has 154 valence electrons. The number of carbonyl (C=O) groups excluding carboxylic acids is 2. The highest BCUT2D eigenvalue weighted by Crippen LogP contribution is 2.41. The molecule has 1 aromatic rings. The zero-order valence-electron chi connectivity index (χ0n) is 16.7. The van der Waals surface area contributed by atoms with Gasteiger partial charge in [0.05, 0.1) is 17.7 Å². The molecule has 6 heteroatoms. The van der Waals surface area contributed by atoms with Gasteiger partial charge in [-0.15, -0.1) is 23.5 Å². The second kappa shape index (κ2) is 11.1. The Morgan fingerprint density at radius 3 is 2.64 bits per heavy atom. The molecule has 0 radical (unpaired) electrons. The number of benzene rings is 1. The molecule has 0 spiro atoms. The van der Waals surface area contributed by atoms with Gasteiger partial charge in [-0.2, -0.15) is 0 Å². The van der Waals surface area contributed by atoms with Crippen LogP contribution in [-0.4, -0.2) is 46.3 Å². The van der Waals surface area contributed by atoms with Crippen molar-refractivity contribution in [3.05, 3.63) is 30.3 Å². The first kappa shape index (κ1) is 21.6. The number of nitrogens with zero attached hydrogens (tertiary/aromatic N) is 1. The molecule has 1 saturated heterocycles. The van der Waals surface area contributed by atoms with Crippen LogP contribution in [0, 0.1) is 5.92 Å². The maximum absolute atomic E-state index is 13.2. The Kier molecular flexibility index (Phi) is 8.59. The van der Waals surface area contributed by atoms with Crippen LogP contribution >= 0.6 is 23.5 Å². The molecule has 1 aromatic carbocycles. The van der Waals surface area contributed by atoms with Crippen molar-refractivity contribution in [2.45, 2.75) is 68.2 Å². The number of hydrogen-bond acceptors (Lipinski definition) is 5. The molecule has 2 fully saturated rings. The lowest BCUT2D eigenvalue weighted by Gasteiger charge is -2.35. The smallest absolute Gasteiger partial charge is 0.329 e. The Bertz CT molecular complexity index is 634. The average molecular weight is 422 g/mol. The molecule has 28 heavy (non-hydrogen) atoms. The molecule has 1 saturated carbocycles. The van der Waals surface area contributed by atoms with Gasteiger partial charge in [-0.3, -0.25) is 4.79 Å². The Labute approximate surface area is 177 Å². The van der Waals surface area contributed by atoms with E-state index in [0.29, 0.717) is 24.0 Å². The number of amides is 1. The van der Waals surface area contributed by atoms with E-state index in [0.717, 1.165) is 30.6 Å². The lowest BCUT2D eigenvalue weighted by molar-refractivity contribution is -0.154. The third-order valence-electron chi connectivity index (χ3n) is 5.50. The fraction of sp³-hybridized carbons (Fsp3) is 0.636. The average Bonchev–Trinajstić information content (AvgIpc) is 3.19. The summed E-state index contributed by atoms with van der Waals surface area (Å²) < 4.78 is 5.49. The summed E-state index contributed by atoms with van der Waals surface area (Å²) in [7, 11) is 0. The lowest BCUT2D eigenvalue weighted by atomic mass is 9.88. The predicted molar refractivity (Wildman–Crippen MR) is 116 cm³/mol. The topological polar surface area (TPSA) is 46.6 Å². The summed E-state index contributed by atoms with van der Waals surface area (Å²) in [4.78, 5) is 28.9. The lowest BCUT2D eigenvalue weighted by Crippen LogP contribution is -2.49. The Morgan fingerprint density at radius 1 is 1.18 bits per heavy atom. The van der Waals surface area contributed by atoms with Gasteiger partial charge in [-0.1, -0.05) is 50.8 Å². The molecule has 1 aliphatic carbocycles. The number of ether oxygens (including phenoxy) is 1. The largest absolute Gasteiger partial charge is 0.464 e. The van der Waals surface area contributed by atoms with Gasteiger partial charge >= 0.3 is 5.97 Å². The maximum Gasteiger partial charge on any atom is 0.329 e. The molecule has 1 heterocycles. The van der Waals surface area contributed by atoms with Gasteiger partial charge in [0, 0.05) is 10.6 Å². The Morgan fingerprint density at radius 2 is 1.93 bits per heavy atom. The van der Waals surface area contributed by atoms with Gasteiger partial charge in [0.2, 0.25) is 5.91 Å². The fourth-order valence-electron chi connectivity index (χ4n) is 3.96. The fourth-order valence-corrected chi connectivity index (χ4v) is 6.39. The third kappa shape index (κ3) is 5.69. The van der Waals surface area contributed by atoms with E-state index in [-0.39, 0.29) is 17.3 Å². The van der Waals surface area contributed by atoms with E-state index in [1.165, 1.54) is 19.3 Å². The molecule has 0 aromatic heterocycles. The van der Waals surface area contributed by atoms with Crippen molar-refractivity contribution in [1.82, 2.24) is 4.90 Å². The van der Waals surface area contributed by atoms with Crippen molar-refractivity contribution in [2.75, 3.05) is 18.1 Å². The van der Waals surface area contributed by atoms with E-state index in [4.69, 9.17) is 4.74 Å². The summed E-state index contributed by atoms with van der Waals surface area (Å²) in [5, 5.41) is 0.118. The van der Waals surface area contributed by atoms with Crippen LogP contribution in [0.15, 0.2) is 35.2 Å². The zero-order valence-corrected chi connectivity index (χ0v) is 18.3. The van der Waals surface area contributed by atoms with Crippen LogP contribution in [0.3, 0.4) is 0 Å². The van der Waals surface area contributed by atoms with E-state index in [1.54, 1.807) is 23.5 Å². The van der Waals surface area contributed by atoms with Crippen LogP contribution in [0.25, 0.3) is 0 Å².